The molecule has 0 radical (unpaired) electrons. The number of rotatable bonds is 2. The van der Waals surface area contributed by atoms with E-state index in [0.717, 1.165) is 44.2 Å². The maximum atomic E-state index is 10.1. The van der Waals surface area contributed by atoms with E-state index >= 15 is 0 Å². The molecule has 2 aliphatic carbocycles. The Balaban J connectivity index is 1.32. The van der Waals surface area contributed by atoms with Crippen LogP contribution in [0, 0.1) is 56.7 Å². The highest BCUT2D eigenvalue weighted by atomic mass is 14.4. The molecule has 0 heterocycles. The van der Waals surface area contributed by atoms with E-state index in [2.05, 4.69) is 80.6 Å². The monoisotopic (exact) mass is 595 g/mol. The lowest BCUT2D eigenvalue weighted by atomic mass is 9.81. The zero-order chi connectivity index (χ0) is 32.6. The van der Waals surface area contributed by atoms with Gasteiger partial charge >= 0.3 is 0 Å². The molecular formula is C42H21N5. The van der Waals surface area contributed by atoms with Gasteiger partial charge in [-0.1, -0.05) is 92.7 Å². The van der Waals surface area contributed by atoms with Crippen molar-refractivity contribution in [3.05, 3.63) is 130 Å². The Hall–Kier alpha value is -6.97. The second kappa shape index (κ2) is 9.77. The van der Waals surface area contributed by atoms with Gasteiger partial charge in [0.25, 0.3) is 0 Å². The normalized spacial score (nSPS) is 12.5. The van der Waals surface area contributed by atoms with Crippen LogP contribution in [0.2, 0.25) is 0 Å². The molecule has 0 aliphatic heterocycles. The van der Waals surface area contributed by atoms with Crippen LogP contribution < -0.4 is 0 Å². The first-order valence-corrected chi connectivity index (χ1v) is 15.1. The van der Waals surface area contributed by atoms with Crippen LogP contribution in [0.1, 0.15) is 52.8 Å². The fourth-order valence-electron chi connectivity index (χ4n) is 7.73. The Morgan fingerprint density at radius 3 is 1.66 bits per heavy atom. The van der Waals surface area contributed by atoms with Crippen molar-refractivity contribution in [3.63, 3.8) is 0 Å². The van der Waals surface area contributed by atoms with Gasteiger partial charge in [0.2, 0.25) is 0 Å². The van der Waals surface area contributed by atoms with E-state index in [-0.39, 0.29) is 38.8 Å². The maximum Gasteiger partial charge on any atom is 0.102 e. The third-order valence-electron chi connectivity index (χ3n) is 9.88. The standard InChI is InChI=1S/C42H21N5/c1-42(2)38-9-4-3-6-27(38)28-13-10-23(17-39(28)42)25-14-15-31-26-12-11-24(16-32(26)30-8-5-7-29(25)41(30)31)40-36(21-46)34(19-44)33(18-43)35(20-45)37(40)22-47/h3-17H,1-2H3. The highest BCUT2D eigenvalue weighted by Gasteiger charge is 2.35. The zero-order valence-electron chi connectivity index (χ0n) is 25.4. The molecule has 0 amide bonds. The first-order chi connectivity index (χ1) is 22.9. The third-order valence-corrected chi connectivity index (χ3v) is 9.88. The molecule has 6 aromatic rings. The van der Waals surface area contributed by atoms with Crippen LogP contribution in [-0.2, 0) is 5.41 Å². The van der Waals surface area contributed by atoms with Crippen LogP contribution in [0.25, 0.3) is 66.4 Å². The summed E-state index contributed by atoms with van der Waals surface area (Å²) < 4.78 is 0. The molecule has 0 N–H and O–H groups in total. The molecule has 2 aliphatic rings. The maximum absolute atomic E-state index is 10.1. The van der Waals surface area contributed by atoms with Gasteiger partial charge in [0.1, 0.15) is 30.3 Å². The summed E-state index contributed by atoms with van der Waals surface area (Å²) in [5, 5.41) is 52.0. The van der Waals surface area contributed by atoms with Crippen molar-refractivity contribution >= 4 is 10.8 Å². The summed E-state index contributed by atoms with van der Waals surface area (Å²) in [7, 11) is 0. The lowest BCUT2D eigenvalue weighted by Gasteiger charge is -2.22. The summed E-state index contributed by atoms with van der Waals surface area (Å²) in [5.41, 5.74) is 11.3. The van der Waals surface area contributed by atoms with Gasteiger partial charge in [0, 0.05) is 11.0 Å². The Bertz CT molecular complexity index is 2600. The Labute approximate surface area is 271 Å². The molecule has 47 heavy (non-hydrogen) atoms. The van der Waals surface area contributed by atoms with Crippen LogP contribution in [0.3, 0.4) is 0 Å². The summed E-state index contributed by atoms with van der Waals surface area (Å²) in [6.45, 7) is 4.57. The molecule has 0 saturated carbocycles. The van der Waals surface area contributed by atoms with E-state index in [1.807, 2.05) is 54.6 Å². The molecule has 8 rings (SSSR count). The van der Waals surface area contributed by atoms with Crippen LogP contribution >= 0.6 is 0 Å². The van der Waals surface area contributed by atoms with Gasteiger partial charge in [-0.25, -0.2) is 0 Å². The molecule has 5 nitrogen and oxygen atoms in total. The molecule has 0 spiro atoms. The SMILES string of the molecule is CC1(C)c2ccccc2-c2ccc(-c3ccc4c5c(cccc35)-c3cc(-c5c(C#N)c(C#N)c(C#N)c(C#N)c5C#N)ccc3-4)cc21. The molecule has 214 valence electrons. The fourth-order valence-corrected chi connectivity index (χ4v) is 7.73. The van der Waals surface area contributed by atoms with E-state index in [0.29, 0.717) is 5.56 Å². The van der Waals surface area contributed by atoms with E-state index in [9.17, 15) is 26.3 Å². The van der Waals surface area contributed by atoms with E-state index in [4.69, 9.17) is 0 Å². The molecule has 0 unspecified atom stereocenters. The zero-order valence-corrected chi connectivity index (χ0v) is 25.4. The summed E-state index contributed by atoms with van der Waals surface area (Å²) in [4.78, 5) is 0. The number of nitriles is 5. The Morgan fingerprint density at radius 2 is 0.957 bits per heavy atom. The van der Waals surface area contributed by atoms with Crippen LogP contribution in [0.15, 0.2) is 91.0 Å². The van der Waals surface area contributed by atoms with Crippen molar-refractivity contribution in [3.8, 4) is 86.0 Å². The predicted octanol–water partition coefficient (Wildman–Crippen LogP) is 9.49. The van der Waals surface area contributed by atoms with Crippen molar-refractivity contribution < 1.29 is 0 Å². The second-order valence-electron chi connectivity index (χ2n) is 12.4. The summed E-state index contributed by atoms with van der Waals surface area (Å²) in [6.07, 6.45) is 0. The number of fused-ring (bicyclic) bond motifs is 6. The number of nitrogens with zero attached hydrogens (tertiary/aromatic N) is 5. The predicted molar refractivity (Wildman–Crippen MR) is 180 cm³/mol. The highest BCUT2D eigenvalue weighted by molar-refractivity contribution is 6.19. The van der Waals surface area contributed by atoms with Gasteiger partial charge in [0.05, 0.1) is 27.8 Å². The average molecular weight is 596 g/mol. The van der Waals surface area contributed by atoms with Gasteiger partial charge in [-0.2, -0.15) is 26.3 Å². The van der Waals surface area contributed by atoms with E-state index in [1.165, 1.54) is 22.3 Å². The quantitative estimate of drug-likeness (QED) is 0.197. The Kier molecular flexibility index (Phi) is 5.73. The van der Waals surface area contributed by atoms with Gasteiger partial charge in [-0.05, 0) is 84.1 Å². The molecule has 0 atom stereocenters. The van der Waals surface area contributed by atoms with E-state index in [1.54, 1.807) is 0 Å². The minimum Gasteiger partial charge on any atom is -0.192 e. The third kappa shape index (κ3) is 3.54. The summed E-state index contributed by atoms with van der Waals surface area (Å²) in [5.74, 6) is 0. The number of hydrogen-bond donors (Lipinski definition) is 0. The summed E-state index contributed by atoms with van der Waals surface area (Å²) in [6, 6.07) is 41.5. The van der Waals surface area contributed by atoms with Crippen molar-refractivity contribution in [2.75, 3.05) is 0 Å². The number of benzene rings is 6. The highest BCUT2D eigenvalue weighted by Crippen LogP contribution is 2.53. The molecule has 0 aromatic heterocycles. The minimum absolute atomic E-state index is 0.0859. The molecule has 0 saturated heterocycles. The summed E-state index contributed by atoms with van der Waals surface area (Å²) >= 11 is 0. The van der Waals surface area contributed by atoms with Gasteiger partial charge in [-0.15, -0.1) is 0 Å². The molecular weight excluding hydrogens is 574 g/mol. The van der Waals surface area contributed by atoms with E-state index < -0.39 is 0 Å². The first-order valence-electron chi connectivity index (χ1n) is 15.1. The lowest BCUT2D eigenvalue weighted by molar-refractivity contribution is 0.660. The van der Waals surface area contributed by atoms with Crippen molar-refractivity contribution in [1.82, 2.24) is 0 Å². The van der Waals surface area contributed by atoms with Crippen LogP contribution in [0.4, 0.5) is 0 Å². The smallest absolute Gasteiger partial charge is 0.102 e. The minimum atomic E-state index is -0.253. The topological polar surface area (TPSA) is 119 Å². The molecule has 6 aromatic carbocycles. The van der Waals surface area contributed by atoms with Gasteiger partial charge in [0.15, 0.2) is 0 Å². The van der Waals surface area contributed by atoms with Crippen molar-refractivity contribution in [2.45, 2.75) is 19.3 Å². The molecule has 5 heteroatoms. The Morgan fingerprint density at radius 1 is 0.426 bits per heavy atom. The van der Waals surface area contributed by atoms with Crippen LogP contribution in [-0.4, -0.2) is 0 Å². The number of hydrogen-bond acceptors (Lipinski definition) is 5. The average Bonchev–Trinajstić information content (AvgIpc) is 3.55. The molecule has 0 fully saturated rings. The van der Waals surface area contributed by atoms with Gasteiger partial charge in [-0.3, -0.25) is 0 Å². The first kappa shape index (κ1) is 27.6. The fraction of sp³-hybridized carbons (Fsp3) is 0.0714. The van der Waals surface area contributed by atoms with Crippen molar-refractivity contribution in [2.24, 2.45) is 0 Å². The molecule has 0 bridgehead atoms. The largest absolute Gasteiger partial charge is 0.192 e. The second-order valence-corrected chi connectivity index (χ2v) is 12.4. The van der Waals surface area contributed by atoms with Gasteiger partial charge < -0.3 is 0 Å². The lowest BCUT2D eigenvalue weighted by Crippen LogP contribution is -2.14. The van der Waals surface area contributed by atoms with Crippen molar-refractivity contribution in [1.29, 1.82) is 26.3 Å². The van der Waals surface area contributed by atoms with Crippen LogP contribution in [0.5, 0.6) is 0 Å².